The number of aromatic nitrogens is 2. The number of nitrogens with zero attached hydrogens (tertiary/aromatic N) is 2. The van der Waals surface area contributed by atoms with Gasteiger partial charge in [0.05, 0.1) is 5.69 Å². The number of carbonyl (C=O) groups is 1. The number of amides is 1. The fourth-order valence-electron chi connectivity index (χ4n) is 2.30. The molecule has 0 saturated carbocycles. The zero-order valence-corrected chi connectivity index (χ0v) is 13.7. The van der Waals surface area contributed by atoms with E-state index in [-0.39, 0.29) is 5.56 Å². The lowest BCUT2D eigenvalue weighted by atomic mass is 10.2. The standard InChI is InChI=1S/C17H11F5N4O/c1-8-6-7-23-26(8)10-4-2-9(3-5-10)17(27)25-24-16-14(21)12(19)11(18)13(20)15(16)22/h2-7,24H,1H3,(H,25,27). The van der Waals surface area contributed by atoms with E-state index < -0.39 is 40.7 Å². The van der Waals surface area contributed by atoms with E-state index in [4.69, 9.17) is 0 Å². The van der Waals surface area contributed by atoms with E-state index in [2.05, 4.69) is 5.10 Å². The van der Waals surface area contributed by atoms with Gasteiger partial charge in [0.15, 0.2) is 23.3 Å². The van der Waals surface area contributed by atoms with Crippen molar-refractivity contribution in [2.75, 3.05) is 5.43 Å². The van der Waals surface area contributed by atoms with Crippen LogP contribution in [-0.2, 0) is 0 Å². The van der Waals surface area contributed by atoms with Crippen molar-refractivity contribution in [3.8, 4) is 5.69 Å². The molecule has 140 valence electrons. The summed E-state index contributed by atoms with van der Waals surface area (Å²) in [6.07, 6.45) is 1.60. The zero-order valence-electron chi connectivity index (χ0n) is 13.7. The third-order valence-corrected chi connectivity index (χ3v) is 3.72. The molecule has 5 nitrogen and oxygen atoms in total. The molecule has 0 unspecified atom stereocenters. The summed E-state index contributed by atoms with van der Waals surface area (Å²) in [7, 11) is 0. The van der Waals surface area contributed by atoms with Crippen molar-refractivity contribution in [3.05, 3.63) is 76.9 Å². The fraction of sp³-hybridized carbons (Fsp3) is 0.0588. The average Bonchev–Trinajstić information content (AvgIpc) is 3.10. The quantitative estimate of drug-likeness (QED) is 0.314. The molecule has 1 aromatic heterocycles. The van der Waals surface area contributed by atoms with E-state index in [1.807, 2.05) is 12.3 Å². The van der Waals surface area contributed by atoms with Crippen molar-refractivity contribution in [3.63, 3.8) is 0 Å². The normalized spacial score (nSPS) is 10.7. The minimum Gasteiger partial charge on any atom is -0.293 e. The lowest BCUT2D eigenvalue weighted by Crippen LogP contribution is -2.31. The molecule has 27 heavy (non-hydrogen) atoms. The molecule has 0 fully saturated rings. The van der Waals surface area contributed by atoms with Gasteiger partial charge >= 0.3 is 0 Å². The number of hydrazine groups is 1. The predicted molar refractivity (Wildman–Crippen MR) is 85.6 cm³/mol. The van der Waals surface area contributed by atoms with Crippen LogP contribution < -0.4 is 10.9 Å². The van der Waals surface area contributed by atoms with E-state index >= 15 is 0 Å². The number of nitrogens with one attached hydrogen (secondary N) is 2. The first kappa shape index (κ1) is 18.4. The number of rotatable bonds is 4. The molecule has 0 bridgehead atoms. The Morgan fingerprint density at radius 3 is 1.96 bits per heavy atom. The number of anilines is 1. The van der Waals surface area contributed by atoms with Crippen molar-refractivity contribution < 1.29 is 26.7 Å². The Kier molecular flexibility index (Phi) is 4.80. The Balaban J connectivity index is 1.76. The first-order chi connectivity index (χ1) is 12.8. The Morgan fingerprint density at radius 2 is 1.44 bits per heavy atom. The summed E-state index contributed by atoms with van der Waals surface area (Å²) in [4.78, 5) is 12.0. The third kappa shape index (κ3) is 3.33. The maximum absolute atomic E-state index is 13.6. The molecule has 3 aromatic rings. The largest absolute Gasteiger partial charge is 0.293 e. The van der Waals surface area contributed by atoms with Crippen LogP contribution in [0.15, 0.2) is 36.5 Å². The fourth-order valence-corrected chi connectivity index (χ4v) is 2.30. The van der Waals surface area contributed by atoms with Crippen LogP contribution in [0.25, 0.3) is 5.69 Å². The molecular weight excluding hydrogens is 371 g/mol. The minimum atomic E-state index is -2.29. The Bertz CT molecular complexity index is 988. The lowest BCUT2D eigenvalue weighted by molar-refractivity contribution is 0.0962. The summed E-state index contributed by atoms with van der Waals surface area (Å²) in [6, 6.07) is 7.76. The third-order valence-electron chi connectivity index (χ3n) is 3.72. The van der Waals surface area contributed by atoms with Crippen molar-refractivity contribution >= 4 is 11.6 Å². The van der Waals surface area contributed by atoms with Crippen molar-refractivity contribution in [2.24, 2.45) is 0 Å². The van der Waals surface area contributed by atoms with Crippen LogP contribution in [0.3, 0.4) is 0 Å². The Labute approximate surface area is 149 Å². The highest BCUT2D eigenvalue weighted by Crippen LogP contribution is 2.26. The summed E-state index contributed by atoms with van der Waals surface area (Å²) in [6.45, 7) is 1.83. The van der Waals surface area contributed by atoms with Gasteiger partial charge in [-0.25, -0.2) is 26.6 Å². The smallest absolute Gasteiger partial charge is 0.269 e. The molecule has 0 aliphatic carbocycles. The van der Waals surface area contributed by atoms with E-state index in [0.29, 0.717) is 5.69 Å². The lowest BCUT2D eigenvalue weighted by Gasteiger charge is -2.12. The molecule has 0 aliphatic rings. The monoisotopic (exact) mass is 382 g/mol. The van der Waals surface area contributed by atoms with E-state index in [9.17, 15) is 26.7 Å². The molecule has 0 atom stereocenters. The van der Waals surface area contributed by atoms with E-state index in [0.717, 1.165) is 5.69 Å². The minimum absolute atomic E-state index is 0.0833. The first-order valence-electron chi connectivity index (χ1n) is 7.50. The van der Waals surface area contributed by atoms with Gasteiger partial charge in [-0.1, -0.05) is 0 Å². The topological polar surface area (TPSA) is 59.0 Å². The number of carbonyl (C=O) groups excluding carboxylic acids is 1. The maximum atomic E-state index is 13.6. The second-order valence-corrected chi connectivity index (χ2v) is 5.46. The first-order valence-corrected chi connectivity index (χ1v) is 7.50. The van der Waals surface area contributed by atoms with Crippen LogP contribution in [0.4, 0.5) is 27.6 Å². The summed E-state index contributed by atoms with van der Waals surface area (Å²) in [5, 5.41) is 4.10. The van der Waals surface area contributed by atoms with Gasteiger partial charge in [0.25, 0.3) is 5.91 Å². The highest BCUT2D eigenvalue weighted by atomic mass is 19.2. The molecule has 0 saturated heterocycles. The van der Waals surface area contributed by atoms with Gasteiger partial charge in [-0.05, 0) is 37.3 Å². The van der Waals surface area contributed by atoms with Crippen molar-refractivity contribution in [1.82, 2.24) is 15.2 Å². The number of benzene rings is 2. The number of aryl methyl sites for hydroxylation is 1. The van der Waals surface area contributed by atoms with Crippen LogP contribution >= 0.6 is 0 Å². The molecule has 10 heteroatoms. The molecule has 0 spiro atoms. The van der Waals surface area contributed by atoms with E-state index in [1.165, 1.54) is 12.1 Å². The van der Waals surface area contributed by atoms with Crippen LogP contribution in [0.1, 0.15) is 16.1 Å². The molecular formula is C17H11F5N4O. The molecule has 2 N–H and O–H groups in total. The summed E-state index contributed by atoms with van der Waals surface area (Å²) < 4.78 is 68.0. The Morgan fingerprint density at radius 1 is 0.889 bits per heavy atom. The molecule has 0 radical (unpaired) electrons. The molecule has 2 aromatic carbocycles. The van der Waals surface area contributed by atoms with Crippen molar-refractivity contribution in [2.45, 2.75) is 6.92 Å². The van der Waals surface area contributed by atoms with Crippen LogP contribution in [0.5, 0.6) is 0 Å². The maximum Gasteiger partial charge on any atom is 0.269 e. The number of hydrogen-bond donors (Lipinski definition) is 2. The second kappa shape index (κ2) is 7.06. The van der Waals surface area contributed by atoms with Gasteiger partial charge in [0.2, 0.25) is 5.82 Å². The SMILES string of the molecule is Cc1ccnn1-c1ccc(C(=O)NNc2c(F)c(F)c(F)c(F)c2F)cc1. The Hall–Kier alpha value is -3.43. The highest BCUT2D eigenvalue weighted by Gasteiger charge is 2.26. The summed E-state index contributed by atoms with van der Waals surface area (Å²) >= 11 is 0. The molecule has 3 rings (SSSR count). The molecule has 1 heterocycles. The van der Waals surface area contributed by atoms with Gasteiger partial charge in [-0.15, -0.1) is 0 Å². The molecule has 0 aliphatic heterocycles. The van der Waals surface area contributed by atoms with Crippen LogP contribution in [0.2, 0.25) is 0 Å². The molecule has 1 amide bonds. The second-order valence-electron chi connectivity index (χ2n) is 5.46. The predicted octanol–water partition coefficient (Wildman–Crippen LogP) is 3.63. The summed E-state index contributed by atoms with van der Waals surface area (Å²) in [5.74, 6) is -11.5. The van der Waals surface area contributed by atoms with Gasteiger partial charge in [0.1, 0.15) is 5.69 Å². The van der Waals surface area contributed by atoms with Gasteiger partial charge in [-0.3, -0.25) is 15.6 Å². The number of hydrogen-bond acceptors (Lipinski definition) is 3. The van der Waals surface area contributed by atoms with Gasteiger partial charge in [0, 0.05) is 17.5 Å². The number of halogens is 5. The van der Waals surface area contributed by atoms with Gasteiger partial charge < -0.3 is 0 Å². The summed E-state index contributed by atoms with van der Waals surface area (Å²) in [5.41, 5.74) is 3.87. The highest BCUT2D eigenvalue weighted by molar-refractivity contribution is 5.95. The average molecular weight is 382 g/mol. The van der Waals surface area contributed by atoms with E-state index in [1.54, 1.807) is 34.5 Å². The van der Waals surface area contributed by atoms with Crippen LogP contribution in [0, 0.1) is 36.0 Å². The van der Waals surface area contributed by atoms with Crippen molar-refractivity contribution in [1.29, 1.82) is 0 Å². The van der Waals surface area contributed by atoms with Gasteiger partial charge in [-0.2, -0.15) is 5.10 Å². The van der Waals surface area contributed by atoms with Crippen LogP contribution in [-0.4, -0.2) is 15.7 Å². The zero-order chi connectivity index (χ0) is 19.7.